The highest BCUT2D eigenvalue weighted by atomic mass is 19.4. The van der Waals surface area contributed by atoms with E-state index in [0.29, 0.717) is 6.07 Å². The van der Waals surface area contributed by atoms with Gasteiger partial charge in [-0.1, -0.05) is 0 Å². The summed E-state index contributed by atoms with van der Waals surface area (Å²) in [4.78, 5) is 0. The van der Waals surface area contributed by atoms with Gasteiger partial charge in [-0.25, -0.2) is 4.39 Å². The highest BCUT2D eigenvalue weighted by Gasteiger charge is 2.60. The van der Waals surface area contributed by atoms with Crippen molar-refractivity contribution in [1.82, 2.24) is 0 Å². The van der Waals surface area contributed by atoms with Gasteiger partial charge in [0.15, 0.2) is 0 Å². The monoisotopic (exact) mass is 243 g/mol. The number of rotatable bonds is 1. The first kappa shape index (κ1) is 12.7. The van der Waals surface area contributed by atoms with E-state index in [0.717, 1.165) is 13.0 Å². The smallest absolute Gasteiger partial charge is 0.398 e. The summed E-state index contributed by atoms with van der Waals surface area (Å²) >= 11 is 0. The lowest BCUT2D eigenvalue weighted by atomic mass is 10.0. The van der Waals surface area contributed by atoms with Crippen LogP contribution in [0.2, 0.25) is 0 Å². The fraction of sp³-hybridized carbons (Fsp3) is 0.333. The van der Waals surface area contributed by atoms with Crippen molar-refractivity contribution in [2.75, 3.05) is 5.73 Å². The number of halogens is 6. The molecule has 0 unspecified atom stereocenters. The quantitative estimate of drug-likeness (QED) is 0.594. The van der Waals surface area contributed by atoms with E-state index in [1.54, 1.807) is 0 Å². The topological polar surface area (TPSA) is 26.0 Å². The first-order valence-corrected chi connectivity index (χ1v) is 4.08. The van der Waals surface area contributed by atoms with Gasteiger partial charge in [-0.3, -0.25) is 0 Å². The number of nitrogen functional groups attached to an aromatic ring is 1. The molecular formula is C9H7F6N. The number of hydrogen-bond donors (Lipinski definition) is 1. The molecule has 1 aromatic rings. The molecule has 2 N–H and O–H groups in total. The minimum Gasteiger partial charge on any atom is -0.398 e. The molecule has 0 aliphatic rings. The van der Waals surface area contributed by atoms with Gasteiger partial charge < -0.3 is 5.73 Å². The number of hydrogen-bond acceptors (Lipinski definition) is 1. The Bertz CT molecular complexity index is 409. The first-order valence-electron chi connectivity index (χ1n) is 4.08. The molecule has 0 aliphatic carbocycles. The van der Waals surface area contributed by atoms with Gasteiger partial charge >= 0.3 is 12.1 Å². The molecule has 0 bridgehead atoms. The molecule has 0 saturated carbocycles. The molecule has 0 saturated heterocycles. The van der Waals surface area contributed by atoms with Crippen LogP contribution in [0.3, 0.4) is 0 Å². The lowest BCUT2D eigenvalue weighted by molar-refractivity contribution is -0.290. The second-order valence-electron chi connectivity index (χ2n) is 3.21. The van der Waals surface area contributed by atoms with Crippen LogP contribution in [-0.4, -0.2) is 6.18 Å². The van der Waals surface area contributed by atoms with E-state index in [2.05, 4.69) is 0 Å². The molecule has 0 atom stereocenters. The average Bonchev–Trinajstić information content (AvgIpc) is 2.12. The van der Waals surface area contributed by atoms with Crippen LogP contribution in [0.25, 0.3) is 0 Å². The summed E-state index contributed by atoms with van der Waals surface area (Å²) in [6.45, 7) is 1.03. The SMILES string of the molecule is Cc1c(N)ccc(C(F)(F)C(F)(F)F)c1F. The Morgan fingerprint density at radius 3 is 2.00 bits per heavy atom. The fourth-order valence-corrected chi connectivity index (χ4v) is 1.10. The third-order valence-corrected chi connectivity index (χ3v) is 2.12. The molecule has 0 amide bonds. The highest BCUT2D eigenvalue weighted by Crippen LogP contribution is 2.45. The summed E-state index contributed by atoms with van der Waals surface area (Å²) in [6.07, 6.45) is -5.84. The number of nitrogens with two attached hydrogens (primary N) is 1. The highest BCUT2D eigenvalue weighted by molar-refractivity contribution is 5.49. The largest absolute Gasteiger partial charge is 0.458 e. The van der Waals surface area contributed by atoms with Crippen LogP contribution in [0.5, 0.6) is 0 Å². The number of alkyl halides is 5. The van der Waals surface area contributed by atoms with E-state index >= 15 is 0 Å². The third-order valence-electron chi connectivity index (χ3n) is 2.12. The van der Waals surface area contributed by atoms with E-state index in [1.807, 2.05) is 0 Å². The van der Waals surface area contributed by atoms with Crippen molar-refractivity contribution in [2.45, 2.75) is 19.0 Å². The maximum absolute atomic E-state index is 13.2. The third kappa shape index (κ3) is 1.81. The summed E-state index contributed by atoms with van der Waals surface area (Å²) in [6, 6.07) is 1.15. The summed E-state index contributed by atoms with van der Waals surface area (Å²) in [5.41, 5.74) is 2.85. The molecule has 0 radical (unpaired) electrons. The molecule has 1 nitrogen and oxygen atoms in total. The van der Waals surface area contributed by atoms with Crippen LogP contribution in [0.1, 0.15) is 11.1 Å². The Morgan fingerprint density at radius 1 is 1.06 bits per heavy atom. The minimum absolute atomic E-state index is 0.181. The Kier molecular flexibility index (Phi) is 2.82. The van der Waals surface area contributed by atoms with Crippen LogP contribution in [-0.2, 0) is 5.92 Å². The zero-order chi connectivity index (χ0) is 12.7. The Balaban J connectivity index is 3.41. The van der Waals surface area contributed by atoms with Crippen LogP contribution >= 0.6 is 0 Å². The zero-order valence-corrected chi connectivity index (χ0v) is 8.00. The maximum atomic E-state index is 13.2. The predicted octanol–water partition coefficient (Wildman–Crippen LogP) is 3.37. The Labute approximate surface area is 86.9 Å². The normalized spacial score (nSPS) is 12.9. The van der Waals surface area contributed by atoms with Crippen LogP contribution in [0.15, 0.2) is 12.1 Å². The van der Waals surface area contributed by atoms with Gasteiger partial charge in [-0.2, -0.15) is 22.0 Å². The number of anilines is 1. The molecule has 0 heterocycles. The van der Waals surface area contributed by atoms with Gasteiger partial charge in [0.1, 0.15) is 5.82 Å². The van der Waals surface area contributed by atoms with E-state index in [-0.39, 0.29) is 5.69 Å². The van der Waals surface area contributed by atoms with Crippen molar-refractivity contribution in [3.8, 4) is 0 Å². The lowest BCUT2D eigenvalue weighted by Crippen LogP contribution is -2.34. The van der Waals surface area contributed by atoms with Gasteiger partial charge in [-0.05, 0) is 19.1 Å². The van der Waals surface area contributed by atoms with E-state index in [1.165, 1.54) is 0 Å². The molecule has 7 heteroatoms. The molecular weight excluding hydrogens is 236 g/mol. The van der Waals surface area contributed by atoms with Crippen molar-refractivity contribution >= 4 is 5.69 Å². The molecule has 90 valence electrons. The van der Waals surface area contributed by atoms with Gasteiger partial charge in [0, 0.05) is 11.3 Å². The second kappa shape index (κ2) is 3.57. The first-order chi connectivity index (χ1) is 7.09. The summed E-state index contributed by atoms with van der Waals surface area (Å²) in [5, 5.41) is 0. The lowest BCUT2D eigenvalue weighted by Gasteiger charge is -2.21. The van der Waals surface area contributed by atoms with Gasteiger partial charge in [-0.15, -0.1) is 0 Å². The number of benzene rings is 1. The van der Waals surface area contributed by atoms with E-state index < -0.39 is 29.0 Å². The summed E-state index contributed by atoms with van der Waals surface area (Å²) < 4.78 is 74.8. The van der Waals surface area contributed by atoms with Gasteiger partial charge in [0.25, 0.3) is 0 Å². The molecule has 0 aliphatic heterocycles. The molecule has 0 fully saturated rings. The molecule has 16 heavy (non-hydrogen) atoms. The van der Waals surface area contributed by atoms with Crippen molar-refractivity contribution in [3.63, 3.8) is 0 Å². The Morgan fingerprint density at radius 2 is 1.56 bits per heavy atom. The second-order valence-corrected chi connectivity index (χ2v) is 3.21. The zero-order valence-electron chi connectivity index (χ0n) is 8.00. The fourth-order valence-electron chi connectivity index (χ4n) is 1.10. The van der Waals surface area contributed by atoms with Crippen molar-refractivity contribution in [3.05, 3.63) is 29.1 Å². The summed E-state index contributed by atoms with van der Waals surface area (Å²) in [7, 11) is 0. The minimum atomic E-state index is -5.84. The average molecular weight is 243 g/mol. The van der Waals surface area contributed by atoms with E-state index in [4.69, 9.17) is 5.73 Å². The van der Waals surface area contributed by atoms with Crippen molar-refractivity contribution in [2.24, 2.45) is 0 Å². The summed E-state index contributed by atoms with van der Waals surface area (Å²) in [5.74, 6) is -6.86. The van der Waals surface area contributed by atoms with Crippen molar-refractivity contribution < 1.29 is 26.3 Å². The molecule has 0 aromatic heterocycles. The van der Waals surface area contributed by atoms with Gasteiger partial charge in [0.2, 0.25) is 0 Å². The molecule has 1 aromatic carbocycles. The standard InChI is InChI=1S/C9H7F6N/c1-4-6(16)3-2-5(7(4)10)8(11,12)9(13,14)15/h2-3H,16H2,1H3. The molecule has 1 rings (SSSR count). The van der Waals surface area contributed by atoms with Gasteiger partial charge in [0.05, 0.1) is 5.56 Å². The molecule has 0 spiro atoms. The maximum Gasteiger partial charge on any atom is 0.458 e. The van der Waals surface area contributed by atoms with E-state index in [9.17, 15) is 26.3 Å². The van der Waals surface area contributed by atoms with Crippen molar-refractivity contribution in [1.29, 1.82) is 0 Å². The van der Waals surface area contributed by atoms with Crippen LogP contribution in [0, 0.1) is 12.7 Å². The van der Waals surface area contributed by atoms with Crippen LogP contribution in [0.4, 0.5) is 32.0 Å². The predicted molar refractivity (Wildman–Crippen MR) is 45.5 cm³/mol. The Hall–Kier alpha value is -1.40. The van der Waals surface area contributed by atoms with Crippen LogP contribution < -0.4 is 5.73 Å².